The molecular weight excluding hydrogens is 483 g/mol. The highest BCUT2D eigenvalue weighted by Gasteiger charge is 2.21. The minimum absolute atomic E-state index is 0.0248. The Morgan fingerprint density at radius 3 is 2.35 bits per heavy atom. The second-order valence-corrected chi connectivity index (χ2v) is 9.71. The normalized spacial score (nSPS) is 15.5. The first-order chi connectivity index (χ1) is 17.8. The van der Waals surface area contributed by atoms with Crippen LogP contribution >= 0.6 is 0 Å². The van der Waals surface area contributed by atoms with Gasteiger partial charge in [0.15, 0.2) is 23.2 Å². The van der Waals surface area contributed by atoms with Crippen molar-refractivity contribution in [1.29, 1.82) is 0 Å². The third-order valence-electron chi connectivity index (χ3n) is 7.13. The van der Waals surface area contributed by atoms with E-state index in [9.17, 15) is 17.6 Å². The molecule has 0 heterocycles. The Balaban J connectivity index is 1.42. The van der Waals surface area contributed by atoms with Gasteiger partial charge in [-0.1, -0.05) is 43.7 Å². The SMILES string of the molecule is CCCCOc1ccc(-c2ccc(C3=CCC(CCc4ccc(C)c(F)c4F)CC3)c(F)c2)c(F)c1F. The molecule has 1 unspecified atom stereocenters. The second kappa shape index (κ2) is 11.9. The quantitative estimate of drug-likeness (QED) is 0.204. The molecule has 196 valence electrons. The highest BCUT2D eigenvalue weighted by molar-refractivity contribution is 5.72. The van der Waals surface area contributed by atoms with Crippen LogP contribution in [-0.2, 0) is 6.42 Å². The zero-order valence-corrected chi connectivity index (χ0v) is 21.2. The minimum atomic E-state index is -1.08. The standard InChI is InChI=1S/C31H31F5O/c1-3-4-17-37-27-16-15-25(30(35)31(27)36)23-13-14-24(26(32)18-23)21-10-6-20(7-11-21)8-12-22-9-5-19(2)28(33)29(22)34/h5,9-10,13-16,18,20H,3-4,6-8,11-12,17H2,1-2H3. The molecule has 1 atom stereocenters. The fourth-order valence-corrected chi connectivity index (χ4v) is 4.77. The summed E-state index contributed by atoms with van der Waals surface area (Å²) in [6, 6.07) is 10.4. The maximum absolute atomic E-state index is 15.1. The number of aryl methyl sites for hydroxylation is 2. The molecule has 1 aliphatic rings. The van der Waals surface area contributed by atoms with E-state index < -0.39 is 29.1 Å². The van der Waals surface area contributed by atoms with Crippen molar-refractivity contribution in [2.45, 2.75) is 58.8 Å². The van der Waals surface area contributed by atoms with Crippen LogP contribution < -0.4 is 4.74 Å². The summed E-state index contributed by atoms with van der Waals surface area (Å²) in [6.45, 7) is 3.81. The van der Waals surface area contributed by atoms with Gasteiger partial charge in [0.2, 0.25) is 5.82 Å². The molecule has 0 radical (unpaired) electrons. The minimum Gasteiger partial charge on any atom is -0.490 e. The summed E-state index contributed by atoms with van der Waals surface area (Å²) in [4.78, 5) is 0. The van der Waals surface area contributed by atoms with Crippen molar-refractivity contribution in [3.63, 3.8) is 0 Å². The topological polar surface area (TPSA) is 9.23 Å². The van der Waals surface area contributed by atoms with Crippen molar-refractivity contribution in [3.8, 4) is 16.9 Å². The van der Waals surface area contributed by atoms with Gasteiger partial charge < -0.3 is 4.74 Å². The summed E-state index contributed by atoms with van der Waals surface area (Å²) in [5.41, 5.74) is 2.20. The fraction of sp³-hybridized carbons (Fsp3) is 0.355. The maximum atomic E-state index is 15.1. The molecule has 4 rings (SSSR count). The molecule has 1 aliphatic carbocycles. The molecule has 0 aromatic heterocycles. The lowest BCUT2D eigenvalue weighted by atomic mass is 9.83. The average Bonchev–Trinajstić information content (AvgIpc) is 2.90. The zero-order chi connectivity index (χ0) is 26.5. The highest BCUT2D eigenvalue weighted by Crippen LogP contribution is 2.36. The van der Waals surface area contributed by atoms with Crippen molar-refractivity contribution in [2.75, 3.05) is 6.61 Å². The van der Waals surface area contributed by atoms with E-state index in [-0.39, 0.29) is 16.9 Å². The van der Waals surface area contributed by atoms with Crippen LogP contribution in [0.15, 0.2) is 48.5 Å². The molecule has 37 heavy (non-hydrogen) atoms. The number of rotatable bonds is 9. The Bertz CT molecular complexity index is 1300. The van der Waals surface area contributed by atoms with E-state index in [0.29, 0.717) is 54.9 Å². The largest absolute Gasteiger partial charge is 0.490 e. The Kier molecular flexibility index (Phi) is 8.67. The van der Waals surface area contributed by atoms with Crippen molar-refractivity contribution >= 4 is 5.57 Å². The molecule has 0 spiro atoms. The van der Waals surface area contributed by atoms with Crippen LogP contribution in [0.25, 0.3) is 16.7 Å². The molecule has 0 bridgehead atoms. The van der Waals surface area contributed by atoms with Gasteiger partial charge in [0.25, 0.3) is 0 Å². The van der Waals surface area contributed by atoms with E-state index in [1.54, 1.807) is 24.3 Å². The third-order valence-corrected chi connectivity index (χ3v) is 7.13. The maximum Gasteiger partial charge on any atom is 0.201 e. The van der Waals surface area contributed by atoms with Crippen molar-refractivity contribution in [3.05, 3.63) is 94.3 Å². The smallest absolute Gasteiger partial charge is 0.201 e. The summed E-state index contributed by atoms with van der Waals surface area (Å²) in [5.74, 6) is -4.06. The van der Waals surface area contributed by atoms with Gasteiger partial charge in [0.05, 0.1) is 6.61 Å². The molecule has 3 aromatic carbocycles. The van der Waals surface area contributed by atoms with E-state index in [4.69, 9.17) is 4.74 Å². The molecule has 1 nitrogen and oxygen atoms in total. The monoisotopic (exact) mass is 514 g/mol. The van der Waals surface area contributed by atoms with Crippen LogP contribution in [0.3, 0.4) is 0 Å². The molecule has 0 fully saturated rings. The van der Waals surface area contributed by atoms with Crippen LogP contribution in [0, 0.1) is 41.9 Å². The first kappa shape index (κ1) is 26.9. The van der Waals surface area contributed by atoms with Gasteiger partial charge in [-0.2, -0.15) is 4.39 Å². The lowest BCUT2D eigenvalue weighted by Crippen LogP contribution is -2.08. The number of benzene rings is 3. The van der Waals surface area contributed by atoms with Gasteiger partial charge in [-0.3, -0.25) is 0 Å². The molecule has 0 N–H and O–H groups in total. The Hall–Kier alpha value is -3.15. The number of hydrogen-bond acceptors (Lipinski definition) is 1. The molecule has 6 heteroatoms. The summed E-state index contributed by atoms with van der Waals surface area (Å²) in [6.07, 6.45) is 6.93. The number of unbranched alkanes of at least 4 members (excludes halogenated alkanes) is 1. The molecule has 0 saturated carbocycles. The van der Waals surface area contributed by atoms with E-state index in [1.807, 2.05) is 13.0 Å². The molecule has 0 aliphatic heterocycles. The van der Waals surface area contributed by atoms with Crippen LogP contribution in [0.4, 0.5) is 22.0 Å². The molecular formula is C31H31F5O. The zero-order valence-electron chi connectivity index (χ0n) is 21.2. The summed E-state index contributed by atoms with van der Waals surface area (Å²) < 4.78 is 77.5. The Morgan fingerprint density at radius 2 is 1.65 bits per heavy atom. The predicted octanol–water partition coefficient (Wildman–Crippen LogP) is 9.35. The first-order valence-corrected chi connectivity index (χ1v) is 12.8. The van der Waals surface area contributed by atoms with Crippen molar-refractivity contribution < 1.29 is 26.7 Å². The van der Waals surface area contributed by atoms with Gasteiger partial charge in [-0.25, -0.2) is 17.6 Å². The number of ether oxygens (including phenoxy) is 1. The lowest BCUT2D eigenvalue weighted by molar-refractivity contribution is 0.289. The van der Waals surface area contributed by atoms with E-state index in [1.165, 1.54) is 25.1 Å². The Morgan fingerprint density at radius 1 is 0.865 bits per heavy atom. The summed E-state index contributed by atoms with van der Waals surface area (Å²) in [7, 11) is 0. The lowest BCUT2D eigenvalue weighted by Gasteiger charge is -2.23. The number of allylic oxidation sites excluding steroid dienone is 2. The van der Waals surface area contributed by atoms with Crippen LogP contribution in [0.2, 0.25) is 0 Å². The van der Waals surface area contributed by atoms with Crippen LogP contribution in [-0.4, -0.2) is 6.61 Å². The predicted molar refractivity (Wildman–Crippen MR) is 137 cm³/mol. The third kappa shape index (κ3) is 6.06. The molecule has 0 amide bonds. The van der Waals surface area contributed by atoms with Crippen molar-refractivity contribution in [2.24, 2.45) is 5.92 Å². The van der Waals surface area contributed by atoms with E-state index in [2.05, 4.69) is 0 Å². The van der Waals surface area contributed by atoms with E-state index >= 15 is 4.39 Å². The average molecular weight is 515 g/mol. The highest BCUT2D eigenvalue weighted by atomic mass is 19.2. The van der Waals surface area contributed by atoms with Gasteiger partial charge in [0, 0.05) is 11.1 Å². The van der Waals surface area contributed by atoms with Crippen LogP contribution in [0.5, 0.6) is 5.75 Å². The van der Waals surface area contributed by atoms with Gasteiger partial charge in [-0.15, -0.1) is 0 Å². The molecule has 3 aromatic rings. The first-order valence-electron chi connectivity index (χ1n) is 12.8. The van der Waals surface area contributed by atoms with Crippen LogP contribution in [0.1, 0.15) is 62.1 Å². The van der Waals surface area contributed by atoms with Crippen molar-refractivity contribution in [1.82, 2.24) is 0 Å². The van der Waals surface area contributed by atoms with Gasteiger partial charge in [-0.05, 0) is 91.8 Å². The van der Waals surface area contributed by atoms with E-state index in [0.717, 1.165) is 24.8 Å². The number of hydrogen-bond donors (Lipinski definition) is 0. The summed E-state index contributed by atoms with van der Waals surface area (Å²) in [5, 5.41) is 0. The summed E-state index contributed by atoms with van der Waals surface area (Å²) >= 11 is 0. The second-order valence-electron chi connectivity index (χ2n) is 9.71. The Labute approximate surface area is 215 Å². The number of halogens is 5. The fourth-order valence-electron chi connectivity index (χ4n) is 4.77. The molecule has 0 saturated heterocycles. The van der Waals surface area contributed by atoms with Gasteiger partial charge in [0.1, 0.15) is 5.82 Å². The van der Waals surface area contributed by atoms with Gasteiger partial charge >= 0.3 is 0 Å².